The van der Waals surface area contributed by atoms with Gasteiger partial charge in [-0.05, 0) is 24.3 Å². The molecule has 0 radical (unpaired) electrons. The van der Waals surface area contributed by atoms with Crippen LogP contribution in [0.15, 0.2) is 34.8 Å². The third-order valence-corrected chi connectivity index (χ3v) is 3.40. The number of halogens is 4. The van der Waals surface area contributed by atoms with Gasteiger partial charge in [0, 0.05) is 10.5 Å². The topological polar surface area (TPSA) is 38.0 Å². The molecule has 6 heteroatoms. The second-order valence-corrected chi connectivity index (χ2v) is 5.33. The first kappa shape index (κ1) is 13.5. The smallest absolute Gasteiger partial charge is 0.143 e. The fraction of sp³-hybridized carbons (Fsp3) is 0. The van der Waals surface area contributed by atoms with E-state index in [2.05, 4.69) is 21.2 Å². The molecule has 0 aliphatic rings. The second-order valence-electron chi connectivity index (χ2n) is 3.60. The highest BCUT2D eigenvalue weighted by atomic mass is 79.9. The van der Waals surface area contributed by atoms with E-state index in [4.69, 9.17) is 28.9 Å². The number of nitrogens with two attached hydrogens (primary N) is 1. The SMILES string of the molecule is Nc1cc(F)c(Cl)cc1Nc1cc(Br)ccc1Cl. The Hall–Kier alpha value is -0.970. The van der Waals surface area contributed by atoms with Crippen LogP contribution in [0.5, 0.6) is 0 Å². The van der Waals surface area contributed by atoms with Crippen LogP contribution in [0.25, 0.3) is 0 Å². The molecule has 3 N–H and O–H groups in total. The average molecular weight is 350 g/mol. The van der Waals surface area contributed by atoms with Gasteiger partial charge < -0.3 is 11.1 Å². The summed E-state index contributed by atoms with van der Waals surface area (Å²) < 4.78 is 14.0. The second kappa shape index (κ2) is 5.34. The van der Waals surface area contributed by atoms with Crippen LogP contribution in [0.2, 0.25) is 10.0 Å². The number of hydrogen-bond donors (Lipinski definition) is 2. The molecule has 2 rings (SSSR count). The maximum Gasteiger partial charge on any atom is 0.143 e. The highest BCUT2D eigenvalue weighted by Crippen LogP contribution is 2.33. The first-order valence-electron chi connectivity index (χ1n) is 4.94. The van der Waals surface area contributed by atoms with Crippen LogP contribution >= 0.6 is 39.1 Å². The Balaban J connectivity index is 2.40. The van der Waals surface area contributed by atoms with Crippen LogP contribution in [0.1, 0.15) is 0 Å². The lowest BCUT2D eigenvalue weighted by Gasteiger charge is -2.12. The lowest BCUT2D eigenvalue weighted by molar-refractivity contribution is 0.629. The van der Waals surface area contributed by atoms with Gasteiger partial charge in [0.05, 0.1) is 27.1 Å². The van der Waals surface area contributed by atoms with Gasteiger partial charge in [-0.25, -0.2) is 4.39 Å². The molecule has 0 amide bonds. The van der Waals surface area contributed by atoms with Crippen LogP contribution in [-0.4, -0.2) is 0 Å². The molecule has 0 fully saturated rings. The summed E-state index contributed by atoms with van der Waals surface area (Å²) in [5.41, 5.74) is 7.12. The number of rotatable bonds is 2. The Kier molecular flexibility index (Phi) is 4.00. The van der Waals surface area contributed by atoms with Crippen molar-refractivity contribution in [3.05, 3.63) is 50.7 Å². The van der Waals surface area contributed by atoms with Crippen molar-refractivity contribution in [3.63, 3.8) is 0 Å². The van der Waals surface area contributed by atoms with Crippen LogP contribution < -0.4 is 11.1 Å². The van der Waals surface area contributed by atoms with Crippen molar-refractivity contribution in [1.29, 1.82) is 0 Å². The molecule has 2 aromatic carbocycles. The van der Waals surface area contributed by atoms with Crippen LogP contribution in [-0.2, 0) is 0 Å². The van der Waals surface area contributed by atoms with Crippen molar-refractivity contribution in [1.82, 2.24) is 0 Å². The predicted octanol–water partition coefficient (Wildman–Crippen LogP) is 5.22. The molecule has 18 heavy (non-hydrogen) atoms. The molecule has 0 saturated carbocycles. The zero-order valence-electron chi connectivity index (χ0n) is 8.98. The van der Waals surface area contributed by atoms with Crippen molar-refractivity contribution in [2.45, 2.75) is 0 Å². The Labute approximate surface area is 122 Å². The molecule has 0 aliphatic carbocycles. The van der Waals surface area contributed by atoms with E-state index in [1.54, 1.807) is 12.1 Å². The highest BCUT2D eigenvalue weighted by molar-refractivity contribution is 9.10. The zero-order valence-corrected chi connectivity index (χ0v) is 12.1. The fourth-order valence-corrected chi connectivity index (χ4v) is 2.10. The molecule has 0 aliphatic heterocycles. The summed E-state index contributed by atoms with van der Waals surface area (Å²) in [7, 11) is 0. The Morgan fingerprint density at radius 2 is 1.78 bits per heavy atom. The Bertz CT molecular complexity index is 605. The van der Waals surface area contributed by atoms with Crippen molar-refractivity contribution in [2.24, 2.45) is 0 Å². The number of nitrogen functional groups attached to an aromatic ring is 1. The summed E-state index contributed by atoms with van der Waals surface area (Å²) in [6, 6.07) is 7.92. The molecule has 0 bridgehead atoms. The number of benzene rings is 2. The molecular weight excluding hydrogens is 342 g/mol. The molecule has 0 heterocycles. The van der Waals surface area contributed by atoms with Crippen molar-refractivity contribution >= 4 is 56.2 Å². The third-order valence-electron chi connectivity index (χ3n) is 2.29. The molecule has 0 saturated heterocycles. The van der Waals surface area contributed by atoms with Crippen LogP contribution in [0.3, 0.4) is 0 Å². The first-order chi connectivity index (χ1) is 8.47. The van der Waals surface area contributed by atoms with Crippen LogP contribution in [0.4, 0.5) is 21.5 Å². The van der Waals surface area contributed by atoms with E-state index < -0.39 is 5.82 Å². The summed E-state index contributed by atoms with van der Waals surface area (Å²) in [5, 5.41) is 3.54. The van der Waals surface area contributed by atoms with Gasteiger partial charge in [-0.1, -0.05) is 39.1 Å². The molecular formula is C12H8BrCl2FN2. The van der Waals surface area contributed by atoms with E-state index in [9.17, 15) is 4.39 Å². The maximum atomic E-state index is 13.2. The highest BCUT2D eigenvalue weighted by Gasteiger charge is 2.08. The van der Waals surface area contributed by atoms with Gasteiger partial charge in [0.25, 0.3) is 0 Å². The van der Waals surface area contributed by atoms with E-state index in [0.717, 1.165) is 10.5 Å². The van der Waals surface area contributed by atoms with E-state index in [1.807, 2.05) is 6.07 Å². The molecule has 2 nitrogen and oxygen atoms in total. The van der Waals surface area contributed by atoms with E-state index in [-0.39, 0.29) is 10.7 Å². The normalized spacial score (nSPS) is 10.4. The molecule has 94 valence electrons. The molecule has 2 aromatic rings. The van der Waals surface area contributed by atoms with Crippen molar-refractivity contribution in [3.8, 4) is 0 Å². The van der Waals surface area contributed by atoms with E-state index in [0.29, 0.717) is 16.4 Å². The molecule has 0 aromatic heterocycles. The van der Waals surface area contributed by atoms with Crippen molar-refractivity contribution in [2.75, 3.05) is 11.1 Å². The van der Waals surface area contributed by atoms with E-state index >= 15 is 0 Å². The number of anilines is 3. The summed E-state index contributed by atoms with van der Waals surface area (Å²) in [4.78, 5) is 0. The minimum atomic E-state index is -0.556. The zero-order chi connectivity index (χ0) is 13.3. The molecule has 0 spiro atoms. The Morgan fingerprint density at radius 3 is 2.50 bits per heavy atom. The fourth-order valence-electron chi connectivity index (χ4n) is 1.41. The van der Waals surface area contributed by atoms with Gasteiger partial charge in [0.2, 0.25) is 0 Å². The summed E-state index contributed by atoms with van der Waals surface area (Å²) in [6.45, 7) is 0. The first-order valence-corrected chi connectivity index (χ1v) is 6.49. The number of nitrogens with one attached hydrogen (secondary N) is 1. The quantitative estimate of drug-likeness (QED) is 0.729. The van der Waals surface area contributed by atoms with E-state index in [1.165, 1.54) is 6.07 Å². The molecule has 0 unspecified atom stereocenters. The lowest BCUT2D eigenvalue weighted by atomic mass is 10.2. The maximum absolute atomic E-state index is 13.2. The third kappa shape index (κ3) is 2.88. The molecule has 0 atom stereocenters. The van der Waals surface area contributed by atoms with Gasteiger partial charge in [0.1, 0.15) is 5.82 Å². The largest absolute Gasteiger partial charge is 0.397 e. The van der Waals surface area contributed by atoms with Gasteiger partial charge >= 0.3 is 0 Å². The summed E-state index contributed by atoms with van der Waals surface area (Å²) in [5.74, 6) is -0.556. The Morgan fingerprint density at radius 1 is 1.06 bits per heavy atom. The van der Waals surface area contributed by atoms with Gasteiger partial charge in [-0.15, -0.1) is 0 Å². The van der Waals surface area contributed by atoms with Gasteiger partial charge in [-0.3, -0.25) is 0 Å². The van der Waals surface area contributed by atoms with Crippen molar-refractivity contribution < 1.29 is 4.39 Å². The average Bonchev–Trinajstić information content (AvgIpc) is 2.30. The van der Waals surface area contributed by atoms with Crippen LogP contribution in [0, 0.1) is 5.82 Å². The summed E-state index contributed by atoms with van der Waals surface area (Å²) in [6.07, 6.45) is 0. The minimum Gasteiger partial charge on any atom is -0.397 e. The standard InChI is InChI=1S/C12H8BrCl2FN2/c13-6-1-2-7(14)11(3-6)18-12-4-8(15)9(16)5-10(12)17/h1-5,18H,17H2. The summed E-state index contributed by atoms with van der Waals surface area (Å²) >= 11 is 15.1. The minimum absolute atomic E-state index is 0.00202. The van der Waals surface area contributed by atoms with Gasteiger partial charge in [0.15, 0.2) is 0 Å². The monoisotopic (exact) mass is 348 g/mol. The number of hydrogen-bond acceptors (Lipinski definition) is 2. The lowest BCUT2D eigenvalue weighted by Crippen LogP contribution is -1.98. The van der Waals surface area contributed by atoms with Gasteiger partial charge in [-0.2, -0.15) is 0 Å². The predicted molar refractivity (Wildman–Crippen MR) is 78.3 cm³/mol.